The van der Waals surface area contributed by atoms with Crippen LogP contribution < -0.4 is 5.32 Å². The van der Waals surface area contributed by atoms with Crippen molar-refractivity contribution < 1.29 is 4.79 Å². The van der Waals surface area contributed by atoms with Gasteiger partial charge in [0.2, 0.25) is 0 Å². The van der Waals surface area contributed by atoms with Gasteiger partial charge < -0.3 is 5.32 Å². The van der Waals surface area contributed by atoms with Gasteiger partial charge in [0.05, 0.1) is 22.1 Å². The van der Waals surface area contributed by atoms with Crippen LogP contribution >= 0.6 is 11.6 Å². The van der Waals surface area contributed by atoms with Crippen LogP contribution in [0.4, 0.5) is 5.69 Å². The van der Waals surface area contributed by atoms with E-state index < -0.39 is 0 Å². The van der Waals surface area contributed by atoms with Crippen molar-refractivity contribution in [3.05, 3.63) is 76.1 Å². The van der Waals surface area contributed by atoms with Crippen LogP contribution in [0.25, 0.3) is 5.69 Å². The third kappa shape index (κ3) is 3.51. The van der Waals surface area contributed by atoms with Gasteiger partial charge in [0.15, 0.2) is 0 Å². The minimum Gasteiger partial charge on any atom is -0.322 e. The molecule has 1 N–H and O–H groups in total. The molecule has 3 rings (SSSR count). The van der Waals surface area contributed by atoms with Crippen molar-refractivity contribution in [3.63, 3.8) is 0 Å². The van der Waals surface area contributed by atoms with Crippen LogP contribution in [-0.2, 0) is 0 Å². The van der Waals surface area contributed by atoms with Crippen LogP contribution in [-0.4, -0.2) is 15.7 Å². The molecular formula is C21H22ClN3O. The van der Waals surface area contributed by atoms with E-state index in [0.717, 1.165) is 28.3 Å². The molecule has 0 unspecified atom stereocenters. The Kier molecular flexibility index (Phi) is 5.14. The lowest BCUT2D eigenvalue weighted by atomic mass is 10.0. The first-order valence-electron chi connectivity index (χ1n) is 8.61. The quantitative estimate of drug-likeness (QED) is 0.660. The number of benzene rings is 2. The second-order valence-electron chi connectivity index (χ2n) is 6.64. The molecule has 2 aromatic carbocycles. The number of rotatable bonds is 4. The molecule has 0 radical (unpaired) electrons. The molecule has 1 heterocycles. The topological polar surface area (TPSA) is 46.9 Å². The summed E-state index contributed by atoms with van der Waals surface area (Å²) in [7, 11) is 0. The van der Waals surface area contributed by atoms with Gasteiger partial charge in [0.1, 0.15) is 0 Å². The molecule has 5 heteroatoms. The van der Waals surface area contributed by atoms with Crippen LogP contribution in [0.15, 0.2) is 48.5 Å². The summed E-state index contributed by atoms with van der Waals surface area (Å²) in [6.45, 7) is 8.02. The zero-order chi connectivity index (χ0) is 18.8. The van der Waals surface area contributed by atoms with E-state index in [4.69, 9.17) is 11.6 Å². The van der Waals surface area contributed by atoms with Crippen molar-refractivity contribution in [3.8, 4) is 5.69 Å². The third-order valence-corrected chi connectivity index (χ3v) is 4.96. The fourth-order valence-electron chi connectivity index (χ4n) is 2.94. The van der Waals surface area contributed by atoms with Crippen molar-refractivity contribution in [2.75, 3.05) is 5.32 Å². The number of carbonyl (C=O) groups is 1. The van der Waals surface area contributed by atoms with Crippen molar-refractivity contribution >= 4 is 23.2 Å². The maximum absolute atomic E-state index is 12.6. The Hall–Kier alpha value is -2.59. The predicted molar refractivity (Wildman–Crippen MR) is 107 cm³/mol. The van der Waals surface area contributed by atoms with E-state index in [0.29, 0.717) is 16.5 Å². The first-order valence-corrected chi connectivity index (χ1v) is 8.98. The summed E-state index contributed by atoms with van der Waals surface area (Å²) in [6.07, 6.45) is 0. The Labute approximate surface area is 158 Å². The molecule has 1 aromatic heterocycles. The molecule has 0 aliphatic heterocycles. The summed E-state index contributed by atoms with van der Waals surface area (Å²) in [5, 5.41) is 8.11. The number of anilines is 1. The molecule has 0 spiro atoms. The van der Waals surface area contributed by atoms with Gasteiger partial charge in [-0.2, -0.15) is 5.10 Å². The highest BCUT2D eigenvalue weighted by Crippen LogP contribution is 2.25. The average molecular weight is 368 g/mol. The highest BCUT2D eigenvalue weighted by molar-refractivity contribution is 6.31. The number of aromatic nitrogens is 2. The average Bonchev–Trinajstić information content (AvgIpc) is 2.89. The van der Waals surface area contributed by atoms with E-state index in [-0.39, 0.29) is 5.91 Å². The lowest BCUT2D eigenvalue weighted by Gasteiger charge is -2.14. The molecule has 0 aliphatic rings. The summed E-state index contributed by atoms with van der Waals surface area (Å²) >= 11 is 6.21. The smallest absolute Gasteiger partial charge is 0.255 e. The predicted octanol–water partition coefficient (Wildman–Crippen LogP) is 5.52. The van der Waals surface area contributed by atoms with Gasteiger partial charge in [-0.1, -0.05) is 43.6 Å². The Bertz CT molecular complexity index is 942. The summed E-state index contributed by atoms with van der Waals surface area (Å²) < 4.78 is 1.79. The van der Waals surface area contributed by atoms with Crippen LogP contribution in [0, 0.1) is 13.8 Å². The van der Waals surface area contributed by atoms with Crippen LogP contribution in [0.2, 0.25) is 5.02 Å². The minimum absolute atomic E-state index is 0.129. The molecule has 134 valence electrons. The Morgan fingerprint density at radius 1 is 1.08 bits per heavy atom. The standard InChI is InChI=1S/C21H22ClN3O/c1-13(2)18-7-5-6-8-19(18)23-21(26)16-9-11-17(12-10-16)25-15(4)20(22)14(3)24-25/h5-13H,1-4H3,(H,23,26). The highest BCUT2D eigenvalue weighted by Gasteiger charge is 2.13. The number of nitrogens with zero attached hydrogens (tertiary/aromatic N) is 2. The van der Waals surface area contributed by atoms with Gasteiger partial charge in [-0.05, 0) is 55.7 Å². The molecule has 0 fully saturated rings. The molecular weight excluding hydrogens is 346 g/mol. The lowest BCUT2D eigenvalue weighted by Crippen LogP contribution is -2.13. The van der Waals surface area contributed by atoms with Gasteiger partial charge >= 0.3 is 0 Å². The monoisotopic (exact) mass is 367 g/mol. The molecule has 0 aliphatic carbocycles. The second-order valence-corrected chi connectivity index (χ2v) is 7.02. The number of amides is 1. The first-order chi connectivity index (χ1) is 12.4. The SMILES string of the molecule is Cc1nn(-c2ccc(C(=O)Nc3ccccc3C(C)C)cc2)c(C)c1Cl. The first kappa shape index (κ1) is 18.2. The lowest BCUT2D eigenvalue weighted by molar-refractivity contribution is 0.102. The second kappa shape index (κ2) is 7.34. The van der Waals surface area contributed by atoms with Crippen molar-refractivity contribution in [1.82, 2.24) is 9.78 Å². The minimum atomic E-state index is -0.129. The number of para-hydroxylation sites is 1. The zero-order valence-electron chi connectivity index (χ0n) is 15.4. The summed E-state index contributed by atoms with van der Waals surface area (Å²) in [5.41, 5.74) is 5.11. The molecule has 0 atom stereocenters. The van der Waals surface area contributed by atoms with Crippen molar-refractivity contribution in [1.29, 1.82) is 0 Å². The van der Waals surface area contributed by atoms with Crippen LogP contribution in [0.3, 0.4) is 0 Å². The Morgan fingerprint density at radius 3 is 2.31 bits per heavy atom. The number of hydrogen-bond acceptors (Lipinski definition) is 2. The van der Waals surface area contributed by atoms with E-state index in [1.54, 1.807) is 16.8 Å². The van der Waals surface area contributed by atoms with E-state index in [1.807, 2.05) is 50.2 Å². The van der Waals surface area contributed by atoms with Crippen molar-refractivity contribution in [2.24, 2.45) is 0 Å². The summed E-state index contributed by atoms with van der Waals surface area (Å²) in [6, 6.07) is 15.2. The largest absolute Gasteiger partial charge is 0.322 e. The molecule has 4 nitrogen and oxygen atoms in total. The van der Waals surface area contributed by atoms with Crippen molar-refractivity contribution in [2.45, 2.75) is 33.6 Å². The van der Waals surface area contributed by atoms with E-state index in [9.17, 15) is 4.79 Å². The van der Waals surface area contributed by atoms with Gasteiger partial charge in [0.25, 0.3) is 5.91 Å². The van der Waals surface area contributed by atoms with E-state index in [2.05, 4.69) is 24.3 Å². The maximum atomic E-state index is 12.6. The number of aryl methyl sites for hydroxylation is 1. The third-order valence-electron chi connectivity index (χ3n) is 4.41. The van der Waals surface area contributed by atoms with E-state index >= 15 is 0 Å². The number of carbonyl (C=O) groups excluding carboxylic acids is 1. The summed E-state index contributed by atoms with van der Waals surface area (Å²) in [4.78, 5) is 12.6. The Morgan fingerprint density at radius 2 is 1.73 bits per heavy atom. The molecule has 0 saturated carbocycles. The molecule has 0 saturated heterocycles. The molecule has 3 aromatic rings. The van der Waals surface area contributed by atoms with Gasteiger partial charge in [-0.3, -0.25) is 4.79 Å². The van der Waals surface area contributed by atoms with Gasteiger partial charge in [-0.25, -0.2) is 4.68 Å². The highest BCUT2D eigenvalue weighted by atomic mass is 35.5. The Balaban J connectivity index is 1.83. The molecule has 0 bridgehead atoms. The normalized spacial score (nSPS) is 11.0. The number of hydrogen-bond donors (Lipinski definition) is 1. The van der Waals surface area contributed by atoms with Gasteiger partial charge in [0, 0.05) is 11.3 Å². The fourth-order valence-corrected chi connectivity index (χ4v) is 3.06. The van der Waals surface area contributed by atoms with Crippen LogP contribution in [0.5, 0.6) is 0 Å². The number of halogens is 1. The molecule has 26 heavy (non-hydrogen) atoms. The van der Waals surface area contributed by atoms with Crippen LogP contribution in [0.1, 0.15) is 47.1 Å². The zero-order valence-corrected chi connectivity index (χ0v) is 16.1. The van der Waals surface area contributed by atoms with E-state index in [1.165, 1.54) is 0 Å². The molecule has 1 amide bonds. The number of nitrogens with one attached hydrogen (secondary N) is 1. The maximum Gasteiger partial charge on any atom is 0.255 e. The summed E-state index contributed by atoms with van der Waals surface area (Å²) in [5.74, 6) is 0.209. The fraction of sp³-hybridized carbons (Fsp3) is 0.238. The van der Waals surface area contributed by atoms with Gasteiger partial charge in [-0.15, -0.1) is 0 Å².